The van der Waals surface area contributed by atoms with E-state index in [4.69, 9.17) is 10.00 Å². The van der Waals surface area contributed by atoms with Gasteiger partial charge in [0.2, 0.25) is 0 Å². The standard InChI is InChI=1S/C11H12F2N2O/c1-7(6-16-2)15-11-9(12)3-8(5-14)4-10(11)13/h3-4,7,15H,6H2,1-2H3/t7-/m0/s1. The second-order valence-corrected chi connectivity index (χ2v) is 3.43. The zero-order chi connectivity index (χ0) is 12.1. The number of nitriles is 1. The Labute approximate surface area is 92.6 Å². The summed E-state index contributed by atoms with van der Waals surface area (Å²) in [6, 6.07) is 3.44. The van der Waals surface area contributed by atoms with E-state index >= 15 is 0 Å². The van der Waals surface area contributed by atoms with Gasteiger partial charge in [0.05, 0.1) is 18.2 Å². The Morgan fingerprint density at radius 1 is 1.44 bits per heavy atom. The van der Waals surface area contributed by atoms with Gasteiger partial charge in [-0.3, -0.25) is 0 Å². The van der Waals surface area contributed by atoms with Gasteiger partial charge in [-0.05, 0) is 19.1 Å². The lowest BCUT2D eigenvalue weighted by molar-refractivity contribution is 0.190. The number of nitrogens with one attached hydrogen (secondary N) is 1. The van der Waals surface area contributed by atoms with E-state index in [1.54, 1.807) is 13.0 Å². The van der Waals surface area contributed by atoms with Crippen molar-refractivity contribution in [2.24, 2.45) is 0 Å². The van der Waals surface area contributed by atoms with Crippen LogP contribution in [0, 0.1) is 23.0 Å². The van der Waals surface area contributed by atoms with Gasteiger partial charge < -0.3 is 10.1 Å². The molecule has 0 aromatic heterocycles. The average Bonchev–Trinajstić information content (AvgIpc) is 2.23. The second kappa shape index (κ2) is 5.42. The molecule has 0 saturated heterocycles. The van der Waals surface area contributed by atoms with Crippen LogP contribution >= 0.6 is 0 Å². The summed E-state index contributed by atoms with van der Waals surface area (Å²) in [6.45, 7) is 2.07. The van der Waals surface area contributed by atoms with Crippen molar-refractivity contribution in [2.75, 3.05) is 19.0 Å². The van der Waals surface area contributed by atoms with Crippen LogP contribution in [0.2, 0.25) is 0 Å². The van der Waals surface area contributed by atoms with Crippen LogP contribution in [-0.4, -0.2) is 19.8 Å². The number of anilines is 1. The molecule has 1 rings (SSSR count). The van der Waals surface area contributed by atoms with E-state index in [-0.39, 0.29) is 17.3 Å². The van der Waals surface area contributed by atoms with Gasteiger partial charge >= 0.3 is 0 Å². The molecule has 1 atom stereocenters. The Morgan fingerprint density at radius 2 is 2.00 bits per heavy atom. The fourth-order valence-corrected chi connectivity index (χ4v) is 1.31. The number of hydrogen-bond acceptors (Lipinski definition) is 3. The molecule has 0 aliphatic carbocycles. The summed E-state index contributed by atoms with van der Waals surface area (Å²) in [6.07, 6.45) is 0. The van der Waals surface area contributed by atoms with Crippen LogP contribution in [-0.2, 0) is 4.74 Å². The number of halogens is 2. The van der Waals surface area contributed by atoms with Gasteiger partial charge in [-0.1, -0.05) is 0 Å². The molecule has 0 radical (unpaired) electrons. The van der Waals surface area contributed by atoms with Crippen molar-refractivity contribution in [2.45, 2.75) is 13.0 Å². The van der Waals surface area contributed by atoms with Gasteiger partial charge in [0.15, 0.2) is 11.6 Å². The van der Waals surface area contributed by atoms with E-state index in [0.29, 0.717) is 6.61 Å². The maximum Gasteiger partial charge on any atom is 0.150 e. The maximum absolute atomic E-state index is 13.4. The van der Waals surface area contributed by atoms with Crippen LogP contribution < -0.4 is 5.32 Å². The van der Waals surface area contributed by atoms with Crippen molar-refractivity contribution < 1.29 is 13.5 Å². The molecule has 0 saturated carbocycles. The Bertz CT molecular complexity index is 392. The number of benzene rings is 1. The molecule has 1 aromatic carbocycles. The highest BCUT2D eigenvalue weighted by Gasteiger charge is 2.13. The van der Waals surface area contributed by atoms with Crippen molar-refractivity contribution in [3.8, 4) is 6.07 Å². The lowest BCUT2D eigenvalue weighted by atomic mass is 10.2. The Kier molecular flexibility index (Phi) is 4.20. The van der Waals surface area contributed by atoms with Crippen molar-refractivity contribution in [1.29, 1.82) is 5.26 Å². The second-order valence-electron chi connectivity index (χ2n) is 3.43. The molecule has 3 nitrogen and oxygen atoms in total. The van der Waals surface area contributed by atoms with E-state index in [0.717, 1.165) is 12.1 Å². The van der Waals surface area contributed by atoms with Crippen molar-refractivity contribution in [1.82, 2.24) is 0 Å². The Hall–Kier alpha value is -1.67. The highest BCUT2D eigenvalue weighted by molar-refractivity contribution is 5.50. The molecule has 5 heteroatoms. The zero-order valence-corrected chi connectivity index (χ0v) is 9.05. The molecule has 0 aliphatic heterocycles. The monoisotopic (exact) mass is 226 g/mol. The predicted octanol–water partition coefficient (Wildman–Crippen LogP) is 2.28. The van der Waals surface area contributed by atoms with E-state index in [1.165, 1.54) is 7.11 Å². The van der Waals surface area contributed by atoms with Crippen LogP contribution in [0.15, 0.2) is 12.1 Å². The van der Waals surface area contributed by atoms with Crippen molar-refractivity contribution in [3.05, 3.63) is 29.3 Å². The summed E-state index contributed by atoms with van der Waals surface area (Å²) in [5, 5.41) is 11.2. The third-order valence-electron chi connectivity index (χ3n) is 1.98. The van der Waals surface area contributed by atoms with Crippen molar-refractivity contribution >= 4 is 5.69 Å². The minimum Gasteiger partial charge on any atom is -0.383 e. The molecule has 0 spiro atoms. The highest BCUT2D eigenvalue weighted by atomic mass is 19.1. The molecule has 0 heterocycles. The molecular weight excluding hydrogens is 214 g/mol. The smallest absolute Gasteiger partial charge is 0.150 e. The van der Waals surface area contributed by atoms with E-state index in [9.17, 15) is 8.78 Å². The van der Waals surface area contributed by atoms with Crippen LogP contribution in [0.3, 0.4) is 0 Å². The molecule has 0 fully saturated rings. The number of methoxy groups -OCH3 is 1. The van der Waals surface area contributed by atoms with Crippen LogP contribution in [0.1, 0.15) is 12.5 Å². The molecule has 1 aromatic rings. The molecule has 0 unspecified atom stereocenters. The van der Waals surface area contributed by atoms with Crippen LogP contribution in [0.5, 0.6) is 0 Å². The normalized spacial score (nSPS) is 11.9. The minimum atomic E-state index is -0.778. The summed E-state index contributed by atoms with van der Waals surface area (Å²) < 4.78 is 31.6. The zero-order valence-electron chi connectivity index (χ0n) is 9.05. The average molecular weight is 226 g/mol. The van der Waals surface area contributed by atoms with Gasteiger partial charge in [-0.2, -0.15) is 5.26 Å². The summed E-state index contributed by atoms with van der Waals surface area (Å²) in [5.74, 6) is -1.56. The first-order valence-corrected chi connectivity index (χ1v) is 4.73. The predicted molar refractivity (Wildman–Crippen MR) is 56.0 cm³/mol. The summed E-state index contributed by atoms with van der Waals surface area (Å²) >= 11 is 0. The number of nitrogens with zero attached hydrogens (tertiary/aromatic N) is 1. The maximum atomic E-state index is 13.4. The van der Waals surface area contributed by atoms with E-state index in [1.807, 2.05) is 0 Å². The fraction of sp³-hybridized carbons (Fsp3) is 0.364. The quantitative estimate of drug-likeness (QED) is 0.856. The minimum absolute atomic E-state index is 0.0417. The molecule has 0 amide bonds. The number of ether oxygens (including phenoxy) is 1. The number of rotatable bonds is 4. The summed E-state index contributed by atoms with van der Waals surface area (Å²) in [4.78, 5) is 0. The summed E-state index contributed by atoms with van der Waals surface area (Å²) in [7, 11) is 1.50. The Morgan fingerprint density at radius 3 is 2.44 bits per heavy atom. The van der Waals surface area contributed by atoms with Gasteiger partial charge in [-0.15, -0.1) is 0 Å². The first-order chi connectivity index (χ1) is 7.58. The van der Waals surface area contributed by atoms with Gasteiger partial charge in [0.25, 0.3) is 0 Å². The van der Waals surface area contributed by atoms with Gasteiger partial charge in [0.1, 0.15) is 5.69 Å². The lowest BCUT2D eigenvalue weighted by Crippen LogP contribution is -2.22. The molecule has 1 N–H and O–H groups in total. The van der Waals surface area contributed by atoms with E-state index in [2.05, 4.69) is 5.32 Å². The molecule has 0 bridgehead atoms. The first-order valence-electron chi connectivity index (χ1n) is 4.73. The van der Waals surface area contributed by atoms with Gasteiger partial charge in [0, 0.05) is 13.2 Å². The van der Waals surface area contributed by atoms with Gasteiger partial charge in [-0.25, -0.2) is 8.78 Å². The SMILES string of the molecule is COC[C@H](C)Nc1c(F)cc(C#N)cc1F. The molecule has 16 heavy (non-hydrogen) atoms. The lowest BCUT2D eigenvalue weighted by Gasteiger charge is -2.15. The first kappa shape index (κ1) is 12.4. The largest absolute Gasteiger partial charge is 0.383 e. The van der Waals surface area contributed by atoms with Crippen LogP contribution in [0.25, 0.3) is 0 Å². The third kappa shape index (κ3) is 2.91. The third-order valence-corrected chi connectivity index (χ3v) is 1.98. The number of hydrogen-bond donors (Lipinski definition) is 1. The topological polar surface area (TPSA) is 45.0 Å². The Balaban J connectivity index is 2.93. The summed E-state index contributed by atoms with van der Waals surface area (Å²) in [5.41, 5.74) is -0.275. The van der Waals surface area contributed by atoms with Crippen LogP contribution in [0.4, 0.5) is 14.5 Å². The van der Waals surface area contributed by atoms with Crippen molar-refractivity contribution in [3.63, 3.8) is 0 Å². The molecule has 86 valence electrons. The highest BCUT2D eigenvalue weighted by Crippen LogP contribution is 2.21. The molecule has 0 aliphatic rings. The van der Waals surface area contributed by atoms with E-state index < -0.39 is 11.6 Å². The fourth-order valence-electron chi connectivity index (χ4n) is 1.31. The molecular formula is C11H12F2N2O.